The maximum absolute atomic E-state index is 13.5. The zero-order valence-electron chi connectivity index (χ0n) is 16.6. The summed E-state index contributed by atoms with van der Waals surface area (Å²) in [5.74, 6) is -0.0470. The minimum Gasteiger partial charge on any atom is -0.366 e. The molecule has 1 saturated carbocycles. The first-order chi connectivity index (χ1) is 13.6. The summed E-state index contributed by atoms with van der Waals surface area (Å²) in [4.78, 5) is 30.6. The van der Waals surface area contributed by atoms with E-state index in [1.165, 1.54) is 29.9 Å². The van der Waals surface area contributed by atoms with E-state index in [0.29, 0.717) is 22.8 Å². The lowest BCUT2D eigenvalue weighted by Gasteiger charge is -2.33. The fourth-order valence-electron chi connectivity index (χ4n) is 4.78. The molecule has 0 radical (unpaired) electrons. The predicted octanol–water partition coefficient (Wildman–Crippen LogP) is 4.36. The Labute approximate surface area is 166 Å². The number of likely N-dealkylation sites (tertiary alicyclic amines) is 1. The van der Waals surface area contributed by atoms with Crippen molar-refractivity contribution in [1.29, 1.82) is 0 Å². The van der Waals surface area contributed by atoms with E-state index in [1.54, 1.807) is 12.1 Å². The smallest absolute Gasteiger partial charge is 0.278 e. The standard InChI is InChI=1S/C23H29FN2O2/c1-16-12-14-25(15-13-16)21-20(17-8-10-18(24)11-9-17)22(27)26(23(21)28)19-6-4-2-3-5-7-19/h8-11,16,19H,2-7,12-15H2,1H3. The summed E-state index contributed by atoms with van der Waals surface area (Å²) in [6.07, 6.45) is 8.27. The number of imide groups is 1. The molecular weight excluding hydrogens is 355 g/mol. The molecule has 4 rings (SSSR count). The quantitative estimate of drug-likeness (QED) is 0.574. The first kappa shape index (κ1) is 19.2. The highest BCUT2D eigenvalue weighted by molar-refractivity contribution is 6.35. The van der Waals surface area contributed by atoms with Crippen molar-refractivity contribution >= 4 is 17.4 Å². The summed E-state index contributed by atoms with van der Waals surface area (Å²) in [5.41, 5.74) is 1.64. The Morgan fingerprint density at radius 2 is 1.46 bits per heavy atom. The molecule has 0 aromatic heterocycles. The van der Waals surface area contributed by atoms with E-state index < -0.39 is 0 Å². The molecule has 1 aliphatic carbocycles. The molecule has 2 aliphatic heterocycles. The van der Waals surface area contributed by atoms with E-state index in [2.05, 4.69) is 11.8 Å². The molecule has 150 valence electrons. The third-order valence-electron chi connectivity index (χ3n) is 6.51. The average molecular weight is 384 g/mol. The number of carbonyl (C=O) groups excluding carboxylic acids is 2. The van der Waals surface area contributed by atoms with E-state index in [1.807, 2.05) is 0 Å². The molecule has 1 aromatic carbocycles. The first-order valence-electron chi connectivity index (χ1n) is 10.7. The molecule has 1 aromatic rings. The Bertz CT molecular complexity index is 770. The number of halogens is 1. The molecule has 0 N–H and O–H groups in total. The van der Waals surface area contributed by atoms with Gasteiger partial charge in [0.05, 0.1) is 5.57 Å². The fourth-order valence-corrected chi connectivity index (χ4v) is 4.78. The monoisotopic (exact) mass is 384 g/mol. The molecule has 2 heterocycles. The number of hydrogen-bond acceptors (Lipinski definition) is 3. The lowest BCUT2D eigenvalue weighted by atomic mass is 9.97. The molecule has 1 saturated heterocycles. The van der Waals surface area contributed by atoms with Gasteiger partial charge in [0, 0.05) is 19.1 Å². The van der Waals surface area contributed by atoms with Crippen molar-refractivity contribution < 1.29 is 14.0 Å². The van der Waals surface area contributed by atoms with Gasteiger partial charge in [0.15, 0.2) is 0 Å². The largest absolute Gasteiger partial charge is 0.366 e. The zero-order chi connectivity index (χ0) is 19.7. The lowest BCUT2D eigenvalue weighted by molar-refractivity contribution is -0.140. The Hall–Kier alpha value is -2.17. The van der Waals surface area contributed by atoms with Crippen LogP contribution in [-0.4, -0.2) is 40.7 Å². The summed E-state index contributed by atoms with van der Waals surface area (Å²) >= 11 is 0. The van der Waals surface area contributed by atoms with Gasteiger partial charge < -0.3 is 4.90 Å². The van der Waals surface area contributed by atoms with E-state index in [9.17, 15) is 14.0 Å². The van der Waals surface area contributed by atoms with Gasteiger partial charge in [-0.1, -0.05) is 44.7 Å². The van der Waals surface area contributed by atoms with E-state index >= 15 is 0 Å². The van der Waals surface area contributed by atoms with Gasteiger partial charge in [0.25, 0.3) is 11.8 Å². The second-order valence-corrected chi connectivity index (χ2v) is 8.53. The molecule has 2 fully saturated rings. The van der Waals surface area contributed by atoms with Gasteiger partial charge in [-0.2, -0.15) is 0 Å². The number of carbonyl (C=O) groups is 2. The van der Waals surface area contributed by atoms with Crippen LogP contribution in [0.4, 0.5) is 4.39 Å². The van der Waals surface area contributed by atoms with Crippen molar-refractivity contribution in [3.05, 3.63) is 41.3 Å². The topological polar surface area (TPSA) is 40.6 Å². The van der Waals surface area contributed by atoms with Crippen LogP contribution in [0, 0.1) is 11.7 Å². The van der Waals surface area contributed by atoms with E-state index in [-0.39, 0.29) is 23.7 Å². The van der Waals surface area contributed by atoms with Gasteiger partial charge in [-0.25, -0.2) is 4.39 Å². The highest BCUT2D eigenvalue weighted by Crippen LogP contribution is 2.37. The molecular formula is C23H29FN2O2. The predicted molar refractivity (Wildman–Crippen MR) is 107 cm³/mol. The van der Waals surface area contributed by atoms with E-state index in [4.69, 9.17) is 0 Å². The summed E-state index contributed by atoms with van der Waals surface area (Å²) in [6, 6.07) is 5.96. The zero-order valence-corrected chi connectivity index (χ0v) is 16.6. The number of amides is 2. The maximum atomic E-state index is 13.5. The third-order valence-corrected chi connectivity index (χ3v) is 6.51. The molecule has 4 nitrogen and oxygen atoms in total. The maximum Gasteiger partial charge on any atom is 0.278 e. The Morgan fingerprint density at radius 3 is 2.07 bits per heavy atom. The van der Waals surface area contributed by atoms with Crippen molar-refractivity contribution in [3.8, 4) is 0 Å². The summed E-state index contributed by atoms with van der Waals surface area (Å²) in [5, 5.41) is 0. The van der Waals surface area contributed by atoms with Crippen molar-refractivity contribution in [1.82, 2.24) is 9.80 Å². The summed E-state index contributed by atoms with van der Waals surface area (Å²) < 4.78 is 13.5. The SMILES string of the molecule is CC1CCN(C2=C(c3ccc(F)cc3)C(=O)N(C3CCCCCC3)C2=O)CC1. The summed E-state index contributed by atoms with van der Waals surface area (Å²) in [6.45, 7) is 3.81. The molecule has 0 bridgehead atoms. The average Bonchev–Trinajstić information content (AvgIpc) is 2.85. The number of nitrogens with zero attached hydrogens (tertiary/aromatic N) is 2. The molecule has 0 spiro atoms. The van der Waals surface area contributed by atoms with Crippen LogP contribution in [0.2, 0.25) is 0 Å². The third kappa shape index (κ3) is 3.59. The summed E-state index contributed by atoms with van der Waals surface area (Å²) in [7, 11) is 0. The molecule has 3 aliphatic rings. The van der Waals surface area contributed by atoms with Crippen LogP contribution in [0.25, 0.3) is 5.57 Å². The Kier molecular flexibility index (Phi) is 5.51. The van der Waals surface area contributed by atoms with Crippen LogP contribution < -0.4 is 0 Å². The van der Waals surface area contributed by atoms with Gasteiger partial charge in [0.2, 0.25) is 0 Å². The van der Waals surface area contributed by atoms with Crippen LogP contribution in [0.5, 0.6) is 0 Å². The molecule has 28 heavy (non-hydrogen) atoms. The van der Waals surface area contributed by atoms with Gasteiger partial charge in [0.1, 0.15) is 11.5 Å². The molecule has 0 unspecified atom stereocenters. The number of benzene rings is 1. The van der Waals surface area contributed by atoms with Crippen LogP contribution in [-0.2, 0) is 9.59 Å². The lowest BCUT2D eigenvalue weighted by Crippen LogP contribution is -2.43. The number of piperidine rings is 1. The molecule has 5 heteroatoms. The van der Waals surface area contributed by atoms with Gasteiger partial charge >= 0.3 is 0 Å². The van der Waals surface area contributed by atoms with Gasteiger partial charge in [-0.15, -0.1) is 0 Å². The van der Waals surface area contributed by atoms with Crippen molar-refractivity contribution in [2.24, 2.45) is 5.92 Å². The van der Waals surface area contributed by atoms with Gasteiger partial charge in [-0.3, -0.25) is 14.5 Å². The van der Waals surface area contributed by atoms with Crippen LogP contribution in [0.1, 0.15) is 63.9 Å². The minimum atomic E-state index is -0.338. The molecule has 0 atom stereocenters. The van der Waals surface area contributed by atoms with Crippen molar-refractivity contribution in [2.45, 2.75) is 64.3 Å². The highest BCUT2D eigenvalue weighted by Gasteiger charge is 2.45. The Morgan fingerprint density at radius 1 is 0.857 bits per heavy atom. The molecule has 2 amide bonds. The fraction of sp³-hybridized carbons (Fsp3) is 0.565. The second-order valence-electron chi connectivity index (χ2n) is 8.53. The normalized spacial score (nSPS) is 22.9. The van der Waals surface area contributed by atoms with Crippen molar-refractivity contribution in [2.75, 3.05) is 13.1 Å². The van der Waals surface area contributed by atoms with Crippen molar-refractivity contribution in [3.63, 3.8) is 0 Å². The minimum absolute atomic E-state index is 0.0147. The second kappa shape index (κ2) is 8.06. The van der Waals surface area contributed by atoms with Crippen LogP contribution in [0.15, 0.2) is 30.0 Å². The number of rotatable bonds is 3. The first-order valence-corrected chi connectivity index (χ1v) is 10.7. The Balaban J connectivity index is 1.72. The highest BCUT2D eigenvalue weighted by atomic mass is 19.1. The van der Waals surface area contributed by atoms with E-state index in [0.717, 1.165) is 51.6 Å². The van der Waals surface area contributed by atoms with Gasteiger partial charge in [-0.05, 0) is 49.3 Å². The van der Waals surface area contributed by atoms with Crippen LogP contribution in [0.3, 0.4) is 0 Å². The van der Waals surface area contributed by atoms with Crippen LogP contribution >= 0.6 is 0 Å². The number of hydrogen-bond donors (Lipinski definition) is 0.